The molecule has 0 aliphatic rings. The van der Waals surface area contributed by atoms with Gasteiger partial charge in [-0.1, -0.05) is 19.1 Å². The maximum Gasteiger partial charge on any atom is 0.251 e. The minimum atomic E-state index is -0.0665. The molecule has 24 heavy (non-hydrogen) atoms. The van der Waals surface area contributed by atoms with Gasteiger partial charge in [0.15, 0.2) is 5.65 Å². The highest BCUT2D eigenvalue weighted by molar-refractivity contribution is 5.95. The van der Waals surface area contributed by atoms with E-state index in [0.717, 1.165) is 35.5 Å². The van der Waals surface area contributed by atoms with Gasteiger partial charge in [-0.2, -0.15) is 0 Å². The van der Waals surface area contributed by atoms with Gasteiger partial charge in [-0.05, 0) is 44.5 Å². The van der Waals surface area contributed by atoms with Crippen LogP contribution in [-0.2, 0) is 6.54 Å². The number of nitrogens with one attached hydrogen (secondary N) is 1. The number of hydrogen-bond acceptors (Lipinski definition) is 3. The molecule has 0 saturated heterocycles. The molecule has 0 fully saturated rings. The van der Waals surface area contributed by atoms with E-state index >= 15 is 0 Å². The molecule has 1 amide bonds. The monoisotopic (exact) mass is 322 g/mol. The number of hydrogen-bond donors (Lipinski definition) is 1. The Morgan fingerprint density at radius 1 is 1.25 bits per heavy atom. The van der Waals surface area contributed by atoms with Gasteiger partial charge < -0.3 is 9.88 Å². The Bertz CT molecular complexity index is 867. The second kappa shape index (κ2) is 6.83. The number of fused-ring (bicyclic) bond motifs is 1. The molecule has 1 aromatic carbocycles. The predicted octanol–water partition coefficient (Wildman–Crippen LogP) is 3.65. The van der Waals surface area contributed by atoms with Crippen LogP contribution < -0.4 is 5.32 Å². The average Bonchev–Trinajstić information content (AvgIpc) is 2.94. The van der Waals surface area contributed by atoms with Crippen LogP contribution in [0.5, 0.6) is 0 Å². The van der Waals surface area contributed by atoms with E-state index in [9.17, 15) is 4.79 Å². The summed E-state index contributed by atoms with van der Waals surface area (Å²) in [7, 11) is 0. The highest BCUT2D eigenvalue weighted by Gasteiger charge is 2.15. The van der Waals surface area contributed by atoms with Gasteiger partial charge >= 0.3 is 0 Å². The molecule has 3 rings (SSSR count). The Morgan fingerprint density at radius 3 is 2.83 bits per heavy atom. The summed E-state index contributed by atoms with van der Waals surface area (Å²) in [5, 5.41) is 2.93. The largest absolute Gasteiger partial charge is 0.350 e. The molecule has 0 unspecified atom stereocenters. The average molecular weight is 322 g/mol. The minimum absolute atomic E-state index is 0.0665. The normalized spacial score (nSPS) is 11.2. The standard InChI is InChI=1S/C19H22N4O/c1-4-11-23-17(22-16-9-6-10-20-18(16)23)14-7-5-8-15(12-14)19(24)21-13(2)3/h5-10,12-13H,4,11H2,1-3H3,(H,21,24). The summed E-state index contributed by atoms with van der Waals surface area (Å²) in [6, 6.07) is 11.6. The first-order valence-electron chi connectivity index (χ1n) is 8.32. The Balaban J connectivity index is 2.07. The summed E-state index contributed by atoms with van der Waals surface area (Å²) >= 11 is 0. The molecule has 5 heteroatoms. The van der Waals surface area contributed by atoms with Gasteiger partial charge in [0.05, 0.1) is 0 Å². The summed E-state index contributed by atoms with van der Waals surface area (Å²) in [6.07, 6.45) is 2.77. The van der Waals surface area contributed by atoms with Crippen LogP contribution in [0.2, 0.25) is 0 Å². The highest BCUT2D eigenvalue weighted by atomic mass is 16.1. The molecule has 0 spiro atoms. The fourth-order valence-electron chi connectivity index (χ4n) is 2.76. The van der Waals surface area contributed by atoms with E-state index in [0.29, 0.717) is 5.56 Å². The minimum Gasteiger partial charge on any atom is -0.350 e. The number of aryl methyl sites for hydroxylation is 1. The number of nitrogens with zero attached hydrogens (tertiary/aromatic N) is 3. The third kappa shape index (κ3) is 3.15. The highest BCUT2D eigenvalue weighted by Crippen LogP contribution is 2.24. The molecule has 5 nitrogen and oxygen atoms in total. The molecule has 0 aliphatic heterocycles. The van der Waals surface area contributed by atoms with E-state index in [1.54, 1.807) is 6.20 Å². The lowest BCUT2D eigenvalue weighted by molar-refractivity contribution is 0.0943. The van der Waals surface area contributed by atoms with E-state index in [1.807, 2.05) is 50.2 Å². The first kappa shape index (κ1) is 16.2. The van der Waals surface area contributed by atoms with Crippen molar-refractivity contribution in [2.75, 3.05) is 0 Å². The van der Waals surface area contributed by atoms with Crippen LogP contribution in [0.25, 0.3) is 22.6 Å². The topological polar surface area (TPSA) is 59.8 Å². The lowest BCUT2D eigenvalue weighted by Crippen LogP contribution is -2.30. The van der Waals surface area contributed by atoms with E-state index in [1.165, 1.54) is 0 Å². The molecule has 1 N–H and O–H groups in total. The molecule has 124 valence electrons. The predicted molar refractivity (Wildman–Crippen MR) is 95.9 cm³/mol. The summed E-state index contributed by atoms with van der Waals surface area (Å²) in [4.78, 5) is 21.5. The third-order valence-electron chi connectivity index (χ3n) is 3.75. The number of benzene rings is 1. The van der Waals surface area contributed by atoms with Gasteiger partial charge in [-0.15, -0.1) is 0 Å². The molecule has 3 aromatic rings. The molecular formula is C19H22N4O. The quantitative estimate of drug-likeness (QED) is 0.780. The zero-order valence-corrected chi connectivity index (χ0v) is 14.3. The van der Waals surface area contributed by atoms with Crippen LogP contribution in [0.15, 0.2) is 42.6 Å². The third-order valence-corrected chi connectivity index (χ3v) is 3.75. The zero-order chi connectivity index (χ0) is 17.1. The van der Waals surface area contributed by atoms with Crippen molar-refractivity contribution in [3.05, 3.63) is 48.2 Å². The van der Waals surface area contributed by atoms with Gasteiger partial charge in [-0.3, -0.25) is 4.79 Å². The van der Waals surface area contributed by atoms with Gasteiger partial charge in [0.25, 0.3) is 5.91 Å². The summed E-state index contributed by atoms with van der Waals surface area (Å²) in [5.74, 6) is 0.785. The number of carbonyl (C=O) groups is 1. The first-order valence-corrected chi connectivity index (χ1v) is 8.32. The van der Waals surface area contributed by atoms with Crippen LogP contribution in [0.3, 0.4) is 0 Å². The van der Waals surface area contributed by atoms with Crippen LogP contribution in [0.4, 0.5) is 0 Å². The van der Waals surface area contributed by atoms with Crippen molar-refractivity contribution in [1.29, 1.82) is 0 Å². The van der Waals surface area contributed by atoms with Crippen molar-refractivity contribution in [3.8, 4) is 11.4 Å². The van der Waals surface area contributed by atoms with E-state index in [2.05, 4.69) is 21.8 Å². The van der Waals surface area contributed by atoms with Gasteiger partial charge in [0.2, 0.25) is 0 Å². The number of aromatic nitrogens is 3. The van der Waals surface area contributed by atoms with E-state index < -0.39 is 0 Å². The fraction of sp³-hybridized carbons (Fsp3) is 0.316. The number of carbonyl (C=O) groups excluding carboxylic acids is 1. The zero-order valence-electron chi connectivity index (χ0n) is 14.3. The Labute approximate surface area is 141 Å². The van der Waals surface area contributed by atoms with Crippen molar-refractivity contribution in [2.24, 2.45) is 0 Å². The van der Waals surface area contributed by atoms with Crippen molar-refractivity contribution < 1.29 is 4.79 Å². The molecular weight excluding hydrogens is 300 g/mol. The molecule has 0 radical (unpaired) electrons. The van der Waals surface area contributed by atoms with Crippen LogP contribution >= 0.6 is 0 Å². The molecule has 0 bridgehead atoms. The maximum absolute atomic E-state index is 12.3. The van der Waals surface area contributed by atoms with E-state index in [-0.39, 0.29) is 11.9 Å². The van der Waals surface area contributed by atoms with Crippen LogP contribution in [0.1, 0.15) is 37.6 Å². The maximum atomic E-state index is 12.3. The molecule has 0 atom stereocenters. The molecule has 2 aromatic heterocycles. The van der Waals surface area contributed by atoms with E-state index in [4.69, 9.17) is 4.98 Å². The Kier molecular flexibility index (Phi) is 4.60. The fourth-order valence-corrected chi connectivity index (χ4v) is 2.76. The van der Waals surface area contributed by atoms with Crippen LogP contribution in [-0.4, -0.2) is 26.5 Å². The number of pyridine rings is 1. The van der Waals surface area contributed by atoms with Crippen molar-refractivity contribution in [3.63, 3.8) is 0 Å². The van der Waals surface area contributed by atoms with Gasteiger partial charge in [0, 0.05) is 29.9 Å². The van der Waals surface area contributed by atoms with Crippen LogP contribution in [0, 0.1) is 0 Å². The van der Waals surface area contributed by atoms with Gasteiger partial charge in [0.1, 0.15) is 11.3 Å². The Morgan fingerprint density at radius 2 is 2.08 bits per heavy atom. The number of imidazole rings is 1. The van der Waals surface area contributed by atoms with Gasteiger partial charge in [-0.25, -0.2) is 9.97 Å². The molecule has 2 heterocycles. The smallest absolute Gasteiger partial charge is 0.251 e. The van der Waals surface area contributed by atoms with Crippen molar-refractivity contribution >= 4 is 17.1 Å². The number of amides is 1. The summed E-state index contributed by atoms with van der Waals surface area (Å²) < 4.78 is 2.12. The lowest BCUT2D eigenvalue weighted by atomic mass is 10.1. The number of rotatable bonds is 5. The van der Waals surface area contributed by atoms with Crippen molar-refractivity contribution in [2.45, 2.75) is 39.8 Å². The second-order valence-corrected chi connectivity index (χ2v) is 6.14. The SMILES string of the molecule is CCCn1c(-c2cccc(C(=O)NC(C)C)c2)nc2cccnc21. The summed E-state index contributed by atoms with van der Waals surface area (Å²) in [5.41, 5.74) is 3.33. The Hall–Kier alpha value is -2.69. The molecule has 0 saturated carbocycles. The second-order valence-electron chi connectivity index (χ2n) is 6.14. The lowest BCUT2D eigenvalue weighted by Gasteiger charge is -2.10. The summed E-state index contributed by atoms with van der Waals surface area (Å²) in [6.45, 7) is 6.87. The van der Waals surface area contributed by atoms with Crippen molar-refractivity contribution in [1.82, 2.24) is 19.9 Å². The molecule has 0 aliphatic carbocycles. The first-order chi connectivity index (χ1) is 11.6.